The molecule has 3 aromatic rings. The third-order valence-electron chi connectivity index (χ3n) is 10.6. The Morgan fingerprint density at radius 3 is 2.42 bits per heavy atom. The topological polar surface area (TPSA) is 134 Å². The standard InChI is InChI=1S/C35H44FN7O5/c1-22-18-23(19-28-30(22)38-33(45)37-28)20-29(32(44)41-16-14-40(15-17-41)25-7-3-2-4-8-25)48-35(47)42-12-10-26(11-13-42)43-21-24-6-5-9-27(36)31(24)39-34(43)46/h5-6,9,18-19,25-26,29H,2-4,7-8,10-17,20-21H2,1H3,(H,39,46)(H2,37,38,45). The fraction of sp³-hybridized carbons (Fsp3) is 0.543. The molecule has 0 radical (unpaired) electrons. The molecule has 3 N–H and O–H groups in total. The summed E-state index contributed by atoms with van der Waals surface area (Å²) in [5, 5.41) is 2.68. The molecule has 4 heterocycles. The van der Waals surface area contributed by atoms with E-state index in [9.17, 15) is 23.6 Å². The highest BCUT2D eigenvalue weighted by molar-refractivity contribution is 5.92. The maximum Gasteiger partial charge on any atom is 0.410 e. The Bertz CT molecular complexity index is 1730. The van der Waals surface area contributed by atoms with Crippen LogP contribution >= 0.6 is 0 Å². The van der Waals surface area contributed by atoms with Crippen molar-refractivity contribution in [3.63, 3.8) is 0 Å². The van der Waals surface area contributed by atoms with E-state index in [0.29, 0.717) is 62.6 Å². The van der Waals surface area contributed by atoms with Gasteiger partial charge in [0.25, 0.3) is 5.91 Å². The van der Waals surface area contributed by atoms with Crippen molar-refractivity contribution in [2.45, 2.75) is 83.0 Å². The first-order valence-electron chi connectivity index (χ1n) is 17.3. The zero-order chi connectivity index (χ0) is 33.4. The summed E-state index contributed by atoms with van der Waals surface area (Å²) in [5.74, 6) is -0.664. The molecule has 1 saturated carbocycles. The monoisotopic (exact) mass is 661 g/mol. The number of H-pyrrole nitrogens is 2. The number of hydrogen-bond acceptors (Lipinski definition) is 6. The molecule has 4 amide bonds. The first-order chi connectivity index (χ1) is 23.2. The third-order valence-corrected chi connectivity index (χ3v) is 10.6. The Morgan fingerprint density at radius 1 is 0.917 bits per heavy atom. The molecule has 3 fully saturated rings. The summed E-state index contributed by atoms with van der Waals surface area (Å²) in [6, 6.07) is 8.62. The molecule has 48 heavy (non-hydrogen) atoms. The Hall–Kier alpha value is -4.39. The Balaban J connectivity index is 1.02. The lowest BCUT2D eigenvalue weighted by molar-refractivity contribution is -0.143. The second-order valence-electron chi connectivity index (χ2n) is 13.7. The number of imidazole rings is 1. The van der Waals surface area contributed by atoms with Crippen LogP contribution in [0.1, 0.15) is 61.6 Å². The van der Waals surface area contributed by atoms with Gasteiger partial charge in [-0.25, -0.2) is 18.8 Å². The molecule has 2 aromatic carbocycles. The van der Waals surface area contributed by atoms with Crippen LogP contribution in [0, 0.1) is 12.7 Å². The number of carbonyl (C=O) groups is 3. The largest absolute Gasteiger partial charge is 0.436 e. The van der Waals surface area contributed by atoms with Crippen LogP contribution in [0.5, 0.6) is 0 Å². The van der Waals surface area contributed by atoms with Crippen LogP contribution in [-0.2, 0) is 22.5 Å². The molecule has 13 heteroatoms. The highest BCUT2D eigenvalue weighted by Gasteiger charge is 2.37. The van der Waals surface area contributed by atoms with Crippen LogP contribution in [0.15, 0.2) is 35.1 Å². The number of amides is 4. The number of halogens is 1. The van der Waals surface area contributed by atoms with Crippen LogP contribution < -0.4 is 11.0 Å². The third kappa shape index (κ3) is 6.65. The molecule has 1 aliphatic carbocycles. The normalized spacial score (nSPS) is 20.5. The number of ether oxygens (including phenoxy) is 1. The van der Waals surface area contributed by atoms with E-state index in [0.717, 1.165) is 29.8 Å². The van der Waals surface area contributed by atoms with E-state index >= 15 is 0 Å². The molecule has 1 aromatic heterocycles. The van der Waals surface area contributed by atoms with Gasteiger partial charge in [0.2, 0.25) is 0 Å². The molecular formula is C35H44FN7O5. The number of para-hydroxylation sites is 1. The molecule has 1 unspecified atom stereocenters. The van der Waals surface area contributed by atoms with E-state index in [2.05, 4.69) is 20.2 Å². The number of benzene rings is 2. The summed E-state index contributed by atoms with van der Waals surface area (Å²) in [6.07, 6.45) is 5.89. The maximum atomic E-state index is 14.2. The zero-order valence-electron chi connectivity index (χ0n) is 27.4. The Kier molecular flexibility index (Phi) is 9.13. The van der Waals surface area contributed by atoms with E-state index in [1.807, 2.05) is 24.0 Å². The number of nitrogens with zero attached hydrogens (tertiary/aromatic N) is 4. The van der Waals surface area contributed by atoms with Gasteiger partial charge in [-0.05, 0) is 61.4 Å². The van der Waals surface area contributed by atoms with Crippen molar-refractivity contribution in [1.82, 2.24) is 29.6 Å². The van der Waals surface area contributed by atoms with Crippen molar-refractivity contribution in [3.05, 3.63) is 63.3 Å². The number of carbonyl (C=O) groups excluding carboxylic acids is 3. The van der Waals surface area contributed by atoms with Gasteiger partial charge >= 0.3 is 17.8 Å². The minimum Gasteiger partial charge on any atom is -0.436 e. The number of aryl methyl sites for hydroxylation is 1. The lowest BCUT2D eigenvalue weighted by Gasteiger charge is -2.42. The van der Waals surface area contributed by atoms with Gasteiger partial charge in [-0.3, -0.25) is 9.69 Å². The van der Waals surface area contributed by atoms with E-state index in [1.165, 1.54) is 38.2 Å². The van der Waals surface area contributed by atoms with E-state index in [1.54, 1.807) is 21.9 Å². The first kappa shape index (κ1) is 32.2. The number of anilines is 1. The fourth-order valence-electron chi connectivity index (χ4n) is 7.99. The van der Waals surface area contributed by atoms with Crippen LogP contribution in [0.25, 0.3) is 11.0 Å². The van der Waals surface area contributed by atoms with Crippen molar-refractivity contribution >= 4 is 34.8 Å². The second-order valence-corrected chi connectivity index (χ2v) is 13.7. The van der Waals surface area contributed by atoms with Gasteiger partial charge in [0.05, 0.1) is 16.7 Å². The number of fused-ring (bicyclic) bond motifs is 2. The fourth-order valence-corrected chi connectivity index (χ4v) is 7.99. The van der Waals surface area contributed by atoms with Crippen LogP contribution in [-0.4, -0.2) is 105 Å². The molecule has 2 saturated heterocycles. The summed E-state index contributed by atoms with van der Waals surface area (Å²) in [5.41, 5.74) is 3.63. The van der Waals surface area contributed by atoms with Gasteiger partial charge in [0.15, 0.2) is 6.10 Å². The smallest absolute Gasteiger partial charge is 0.410 e. The van der Waals surface area contributed by atoms with E-state index < -0.39 is 18.0 Å². The van der Waals surface area contributed by atoms with Gasteiger partial charge in [-0.1, -0.05) is 37.5 Å². The lowest BCUT2D eigenvalue weighted by atomic mass is 9.94. The summed E-state index contributed by atoms with van der Waals surface area (Å²) >= 11 is 0. The number of aromatic nitrogens is 2. The number of piperidine rings is 1. The molecule has 4 aliphatic rings. The average molecular weight is 662 g/mol. The molecule has 3 aliphatic heterocycles. The van der Waals surface area contributed by atoms with Gasteiger partial charge in [0, 0.05) is 64.3 Å². The average Bonchev–Trinajstić information content (AvgIpc) is 3.49. The number of piperazine rings is 1. The molecule has 0 bridgehead atoms. The van der Waals surface area contributed by atoms with Crippen molar-refractivity contribution in [1.29, 1.82) is 0 Å². The minimum atomic E-state index is -1.03. The van der Waals surface area contributed by atoms with Gasteiger partial charge in [-0.2, -0.15) is 0 Å². The number of hydrogen-bond donors (Lipinski definition) is 3. The highest BCUT2D eigenvalue weighted by atomic mass is 19.1. The quantitative estimate of drug-likeness (QED) is 0.360. The number of rotatable bonds is 6. The first-order valence-corrected chi connectivity index (χ1v) is 17.3. The van der Waals surface area contributed by atoms with E-state index in [-0.39, 0.29) is 35.8 Å². The minimum absolute atomic E-state index is 0.124. The Morgan fingerprint density at radius 2 is 1.67 bits per heavy atom. The zero-order valence-corrected chi connectivity index (χ0v) is 27.4. The van der Waals surface area contributed by atoms with E-state index in [4.69, 9.17) is 4.74 Å². The van der Waals surface area contributed by atoms with Crippen molar-refractivity contribution in [3.8, 4) is 0 Å². The molecular weight excluding hydrogens is 617 g/mol. The van der Waals surface area contributed by atoms with Gasteiger partial charge in [0.1, 0.15) is 5.82 Å². The van der Waals surface area contributed by atoms with Crippen molar-refractivity contribution in [2.75, 3.05) is 44.6 Å². The summed E-state index contributed by atoms with van der Waals surface area (Å²) < 4.78 is 20.3. The summed E-state index contributed by atoms with van der Waals surface area (Å²) in [6.45, 7) is 5.70. The molecule has 12 nitrogen and oxygen atoms in total. The SMILES string of the molecule is Cc1cc(CC(OC(=O)N2CCC(N3Cc4cccc(F)c4NC3=O)CC2)C(=O)N2CCN(C3CCCCC3)CC2)cc2[nH]c(=O)[nH]c12. The predicted molar refractivity (Wildman–Crippen MR) is 178 cm³/mol. The molecule has 1 atom stereocenters. The molecule has 256 valence electrons. The predicted octanol–water partition coefficient (Wildman–Crippen LogP) is 4.34. The van der Waals surface area contributed by atoms with Crippen LogP contribution in [0.2, 0.25) is 0 Å². The number of likely N-dealkylation sites (tertiary alicyclic amines) is 1. The Labute approximate surface area is 278 Å². The van der Waals surface area contributed by atoms with Crippen LogP contribution in [0.4, 0.5) is 19.7 Å². The van der Waals surface area contributed by atoms with Crippen molar-refractivity contribution in [2.24, 2.45) is 0 Å². The summed E-state index contributed by atoms with van der Waals surface area (Å²) in [4.78, 5) is 65.7. The number of urea groups is 1. The maximum absolute atomic E-state index is 14.2. The molecule has 0 spiro atoms. The van der Waals surface area contributed by atoms with Crippen LogP contribution in [0.3, 0.4) is 0 Å². The molecule has 7 rings (SSSR count). The number of nitrogens with one attached hydrogen (secondary N) is 3. The number of aromatic amines is 2. The summed E-state index contributed by atoms with van der Waals surface area (Å²) in [7, 11) is 0. The highest BCUT2D eigenvalue weighted by Crippen LogP contribution is 2.30. The second kappa shape index (κ2) is 13.6. The van der Waals surface area contributed by atoms with Crippen molar-refractivity contribution < 1.29 is 23.5 Å². The van der Waals surface area contributed by atoms with Gasteiger partial charge in [-0.15, -0.1) is 0 Å². The van der Waals surface area contributed by atoms with Gasteiger partial charge < -0.3 is 34.7 Å². The lowest BCUT2D eigenvalue weighted by Crippen LogP contribution is -2.55.